The van der Waals surface area contributed by atoms with Gasteiger partial charge < -0.3 is 14.6 Å². The van der Waals surface area contributed by atoms with E-state index >= 15 is 0 Å². The van der Waals surface area contributed by atoms with E-state index in [2.05, 4.69) is 28.6 Å². The number of imidazole rings is 1. The summed E-state index contributed by atoms with van der Waals surface area (Å²) in [6.07, 6.45) is 4.34. The molecule has 0 fully saturated rings. The van der Waals surface area contributed by atoms with Crippen LogP contribution in [0.15, 0.2) is 61.2 Å². The maximum absolute atomic E-state index is 11.8. The average molecular weight is 406 g/mol. The smallest absolute Gasteiger partial charge is 0.222 e. The average Bonchev–Trinajstić information content (AvgIpc) is 3.10. The molecule has 0 bridgehead atoms. The van der Waals surface area contributed by atoms with Crippen LogP contribution in [0.25, 0.3) is 11.0 Å². The van der Waals surface area contributed by atoms with Gasteiger partial charge in [-0.05, 0) is 36.6 Å². The Labute approximate surface area is 178 Å². The molecule has 1 heterocycles. The van der Waals surface area contributed by atoms with Crippen LogP contribution in [-0.2, 0) is 24.2 Å². The molecule has 0 saturated carbocycles. The molecule has 158 valence electrons. The van der Waals surface area contributed by atoms with Crippen molar-refractivity contribution >= 4 is 16.9 Å². The van der Waals surface area contributed by atoms with Crippen molar-refractivity contribution in [2.45, 2.75) is 39.7 Å². The van der Waals surface area contributed by atoms with E-state index in [1.54, 1.807) is 0 Å². The summed E-state index contributed by atoms with van der Waals surface area (Å²) in [5, 5.41) is 2.98. The normalized spacial score (nSPS) is 11.0. The fourth-order valence-corrected chi connectivity index (χ4v) is 3.44. The summed E-state index contributed by atoms with van der Waals surface area (Å²) in [4.78, 5) is 16.6. The molecule has 2 aromatic carbocycles. The van der Waals surface area contributed by atoms with E-state index in [1.807, 2.05) is 56.3 Å². The van der Waals surface area contributed by atoms with Crippen molar-refractivity contribution < 1.29 is 9.53 Å². The Bertz CT molecular complexity index is 991. The Balaban J connectivity index is 1.66. The zero-order chi connectivity index (χ0) is 21.3. The van der Waals surface area contributed by atoms with E-state index in [1.165, 1.54) is 0 Å². The summed E-state index contributed by atoms with van der Waals surface area (Å²) < 4.78 is 8.33. The number of nitrogens with one attached hydrogen (secondary N) is 1. The van der Waals surface area contributed by atoms with E-state index < -0.39 is 0 Å². The van der Waals surface area contributed by atoms with Gasteiger partial charge in [0.2, 0.25) is 5.91 Å². The monoisotopic (exact) mass is 405 g/mol. The molecule has 1 aromatic heterocycles. The molecule has 30 heavy (non-hydrogen) atoms. The van der Waals surface area contributed by atoms with E-state index in [-0.39, 0.29) is 11.8 Å². The van der Waals surface area contributed by atoms with Gasteiger partial charge >= 0.3 is 0 Å². The van der Waals surface area contributed by atoms with Gasteiger partial charge in [-0.15, -0.1) is 6.58 Å². The van der Waals surface area contributed by atoms with Gasteiger partial charge in [0.05, 0.1) is 17.6 Å². The lowest BCUT2D eigenvalue weighted by Crippen LogP contribution is -2.28. The number of nitrogens with zero attached hydrogens (tertiary/aromatic N) is 2. The van der Waals surface area contributed by atoms with Gasteiger partial charge in [0.15, 0.2) is 0 Å². The number of allylic oxidation sites excluding steroid dienone is 1. The summed E-state index contributed by atoms with van der Waals surface area (Å²) in [5.74, 6) is 2.03. The fourth-order valence-electron chi connectivity index (χ4n) is 3.44. The van der Waals surface area contributed by atoms with E-state index in [9.17, 15) is 4.79 Å². The zero-order valence-electron chi connectivity index (χ0n) is 17.9. The summed E-state index contributed by atoms with van der Waals surface area (Å²) in [7, 11) is 0. The lowest BCUT2D eigenvalue weighted by atomic mass is 10.1. The third-order valence-electron chi connectivity index (χ3n) is 5.04. The number of amides is 1. The SMILES string of the molecule is C=CCc1ccccc1OCCn1c(CCCNC(=O)C(C)C)nc2ccccc21. The van der Waals surface area contributed by atoms with Crippen molar-refractivity contribution in [1.29, 1.82) is 0 Å². The molecule has 0 radical (unpaired) electrons. The highest BCUT2D eigenvalue weighted by atomic mass is 16.5. The van der Waals surface area contributed by atoms with Crippen molar-refractivity contribution in [2.75, 3.05) is 13.2 Å². The van der Waals surface area contributed by atoms with E-state index in [0.29, 0.717) is 13.2 Å². The molecule has 1 N–H and O–H groups in total. The van der Waals surface area contributed by atoms with Crippen molar-refractivity contribution in [3.63, 3.8) is 0 Å². The molecule has 0 saturated heterocycles. The third-order valence-corrected chi connectivity index (χ3v) is 5.04. The summed E-state index contributed by atoms with van der Waals surface area (Å²) in [6, 6.07) is 16.3. The largest absolute Gasteiger partial charge is 0.491 e. The number of aromatic nitrogens is 2. The highest BCUT2D eigenvalue weighted by Crippen LogP contribution is 2.20. The van der Waals surface area contributed by atoms with Crippen molar-refractivity contribution in [3.05, 3.63) is 72.6 Å². The van der Waals surface area contributed by atoms with Gasteiger partial charge in [-0.2, -0.15) is 0 Å². The number of carbonyl (C=O) groups is 1. The molecule has 3 aromatic rings. The lowest BCUT2D eigenvalue weighted by molar-refractivity contribution is -0.123. The number of rotatable bonds is 11. The van der Waals surface area contributed by atoms with Crippen LogP contribution >= 0.6 is 0 Å². The van der Waals surface area contributed by atoms with Crippen LogP contribution in [0.1, 0.15) is 31.7 Å². The minimum atomic E-state index is 0.00990. The van der Waals surface area contributed by atoms with Crippen molar-refractivity contribution in [3.8, 4) is 5.75 Å². The molecule has 5 heteroatoms. The lowest BCUT2D eigenvalue weighted by Gasteiger charge is -2.13. The Kier molecular flexibility index (Phi) is 7.66. The Hall–Kier alpha value is -3.08. The van der Waals surface area contributed by atoms with Crippen LogP contribution < -0.4 is 10.1 Å². The van der Waals surface area contributed by atoms with Crippen LogP contribution in [0.3, 0.4) is 0 Å². The van der Waals surface area contributed by atoms with Gasteiger partial charge in [-0.1, -0.05) is 50.3 Å². The maximum Gasteiger partial charge on any atom is 0.222 e. The van der Waals surface area contributed by atoms with Crippen molar-refractivity contribution in [2.24, 2.45) is 5.92 Å². The van der Waals surface area contributed by atoms with Crippen LogP contribution in [0, 0.1) is 5.92 Å². The van der Waals surface area contributed by atoms with Crippen LogP contribution in [0.4, 0.5) is 0 Å². The second-order valence-corrected chi connectivity index (χ2v) is 7.67. The number of benzene rings is 2. The molecule has 0 aliphatic rings. The molecule has 3 rings (SSSR count). The minimum Gasteiger partial charge on any atom is -0.491 e. The first-order valence-electron chi connectivity index (χ1n) is 10.6. The highest BCUT2D eigenvalue weighted by Gasteiger charge is 2.12. The molecular weight excluding hydrogens is 374 g/mol. The van der Waals surface area contributed by atoms with E-state index in [4.69, 9.17) is 9.72 Å². The molecule has 0 aliphatic heterocycles. The van der Waals surface area contributed by atoms with Gasteiger partial charge in [0.25, 0.3) is 0 Å². The van der Waals surface area contributed by atoms with Gasteiger partial charge in [0, 0.05) is 18.9 Å². The predicted octanol–water partition coefficient (Wildman–Crippen LogP) is 4.55. The number of aryl methyl sites for hydroxylation is 1. The fraction of sp³-hybridized carbons (Fsp3) is 0.360. The van der Waals surface area contributed by atoms with Crippen molar-refractivity contribution in [1.82, 2.24) is 14.9 Å². The molecule has 1 amide bonds. The van der Waals surface area contributed by atoms with Crippen LogP contribution in [0.5, 0.6) is 5.75 Å². The number of para-hydroxylation sites is 3. The van der Waals surface area contributed by atoms with Gasteiger partial charge in [-0.3, -0.25) is 4.79 Å². The number of ether oxygens (including phenoxy) is 1. The summed E-state index contributed by atoms with van der Waals surface area (Å²) >= 11 is 0. The first-order valence-corrected chi connectivity index (χ1v) is 10.6. The van der Waals surface area contributed by atoms with Gasteiger partial charge in [0.1, 0.15) is 18.2 Å². The quantitative estimate of drug-likeness (QED) is 0.376. The maximum atomic E-state index is 11.8. The summed E-state index contributed by atoms with van der Waals surface area (Å²) in [5.41, 5.74) is 3.25. The molecule has 0 unspecified atom stereocenters. The first kappa shape index (κ1) is 21.6. The van der Waals surface area contributed by atoms with Crippen LogP contribution in [-0.4, -0.2) is 28.6 Å². The first-order chi connectivity index (χ1) is 14.6. The predicted molar refractivity (Wildman–Crippen MR) is 122 cm³/mol. The number of carbonyl (C=O) groups excluding carboxylic acids is 1. The highest BCUT2D eigenvalue weighted by molar-refractivity contribution is 5.77. The number of hydrogen-bond acceptors (Lipinski definition) is 3. The molecule has 0 aliphatic carbocycles. The minimum absolute atomic E-state index is 0.00990. The van der Waals surface area contributed by atoms with Crippen LogP contribution in [0.2, 0.25) is 0 Å². The number of fused-ring (bicyclic) bond motifs is 1. The topological polar surface area (TPSA) is 56.1 Å². The summed E-state index contributed by atoms with van der Waals surface area (Å²) in [6.45, 7) is 9.57. The van der Waals surface area contributed by atoms with E-state index in [0.717, 1.165) is 54.0 Å². The Morgan fingerprint density at radius 2 is 1.97 bits per heavy atom. The Morgan fingerprint density at radius 1 is 1.20 bits per heavy atom. The molecule has 5 nitrogen and oxygen atoms in total. The molecular formula is C25H31N3O2. The Morgan fingerprint density at radius 3 is 2.77 bits per heavy atom. The second-order valence-electron chi connectivity index (χ2n) is 7.67. The zero-order valence-corrected chi connectivity index (χ0v) is 17.9. The molecule has 0 spiro atoms. The second kappa shape index (κ2) is 10.6. The third kappa shape index (κ3) is 5.50. The van der Waals surface area contributed by atoms with Gasteiger partial charge in [-0.25, -0.2) is 4.98 Å². The standard InChI is InChI=1S/C25H31N3O2/c1-4-10-20-11-5-8-14-23(20)30-18-17-28-22-13-7-6-12-21(22)27-24(28)15-9-16-26-25(29)19(2)3/h4-8,11-14,19H,1,9-10,15-18H2,2-3H3,(H,26,29). The number of hydrogen-bond donors (Lipinski definition) is 1. The molecule has 0 atom stereocenters.